The number of halogens is 4. The summed E-state index contributed by atoms with van der Waals surface area (Å²) in [6, 6.07) is 30.2. The van der Waals surface area contributed by atoms with Gasteiger partial charge in [0.2, 0.25) is 0 Å². The second-order valence-corrected chi connectivity index (χ2v) is 14.8. The lowest BCUT2D eigenvalue weighted by atomic mass is 9.98. The lowest BCUT2D eigenvalue weighted by Gasteiger charge is -2.20. The molecule has 0 aliphatic carbocycles. The molecule has 0 fully saturated rings. The molecule has 0 aliphatic rings. The van der Waals surface area contributed by atoms with Gasteiger partial charge in [0.05, 0.1) is 51.6 Å². The maximum Gasteiger partial charge on any atom is 0.128 e. The summed E-state index contributed by atoms with van der Waals surface area (Å²) in [5, 5.41) is 16.8. The fourth-order valence-corrected chi connectivity index (χ4v) is 7.41. The van der Waals surface area contributed by atoms with Crippen molar-refractivity contribution in [2.75, 3.05) is 17.7 Å². The molecule has 0 spiro atoms. The van der Waals surface area contributed by atoms with E-state index in [1.54, 1.807) is 50.1 Å². The quantitative estimate of drug-likeness (QED) is 0.0944. The third-order valence-electron chi connectivity index (χ3n) is 10.2. The van der Waals surface area contributed by atoms with Gasteiger partial charge in [0.1, 0.15) is 23.7 Å². The number of pyridine rings is 2. The molecule has 2 atom stereocenters. The van der Waals surface area contributed by atoms with Crippen LogP contribution in [0, 0.1) is 17.0 Å². The molecule has 320 valence electrons. The van der Waals surface area contributed by atoms with Crippen LogP contribution in [0.1, 0.15) is 56.5 Å². The van der Waals surface area contributed by atoms with E-state index in [0.29, 0.717) is 37.9 Å². The number of nitrogens with zero attached hydrogens (tertiary/aromatic N) is 4. The molecule has 5 N–H and O–H groups in total. The summed E-state index contributed by atoms with van der Waals surface area (Å²) < 4.78 is 34.9. The molecule has 3 heterocycles. The van der Waals surface area contributed by atoms with Gasteiger partial charge in [-0.15, -0.1) is 0 Å². The fraction of sp³-hybridized carbons (Fsp3) is 0.140. The summed E-state index contributed by atoms with van der Waals surface area (Å²) in [4.78, 5) is 16.8. The smallest absolute Gasteiger partial charge is 0.128 e. The van der Waals surface area contributed by atoms with E-state index >= 15 is 0 Å². The molecule has 0 aliphatic heterocycles. The van der Waals surface area contributed by atoms with E-state index in [1.165, 1.54) is 30.9 Å². The van der Waals surface area contributed by atoms with Crippen molar-refractivity contribution in [1.29, 1.82) is 5.41 Å². The minimum absolute atomic E-state index is 0.280. The molecule has 0 radical (unpaired) electrons. The first-order valence-electron chi connectivity index (χ1n) is 20.1. The molecule has 0 saturated carbocycles. The molecule has 63 heavy (non-hydrogen) atoms. The number of nitrogens with one attached hydrogen (secondary N) is 3. The number of benzene rings is 5. The Morgan fingerprint density at radius 1 is 0.683 bits per heavy atom. The van der Waals surface area contributed by atoms with Crippen LogP contribution in [0.4, 0.5) is 20.2 Å². The van der Waals surface area contributed by atoms with Crippen molar-refractivity contribution in [3.63, 3.8) is 0 Å². The topological polar surface area (TPSA) is 135 Å². The van der Waals surface area contributed by atoms with Crippen molar-refractivity contribution in [1.82, 2.24) is 19.9 Å². The maximum atomic E-state index is 14.8. The molecule has 8 rings (SSSR count). The second kappa shape index (κ2) is 21.2. The highest BCUT2D eigenvalue weighted by atomic mass is 35.5. The third kappa shape index (κ3) is 10.4. The zero-order valence-corrected chi connectivity index (χ0v) is 36.8. The average Bonchev–Trinajstić information content (AvgIpc) is 3.32. The van der Waals surface area contributed by atoms with Crippen LogP contribution in [-0.2, 0) is 0 Å². The molecule has 8 aromatic rings. The molecule has 5 aromatic carbocycles. The zero-order valence-electron chi connectivity index (χ0n) is 35.3. The molecule has 2 unspecified atom stereocenters. The summed E-state index contributed by atoms with van der Waals surface area (Å²) in [5.74, 6) is 0.130. The van der Waals surface area contributed by atoms with E-state index in [4.69, 9.17) is 39.1 Å². The average molecular weight is 884 g/mol. The van der Waals surface area contributed by atoms with Gasteiger partial charge in [-0.3, -0.25) is 9.97 Å². The normalized spacial score (nSPS) is 12.0. The summed E-state index contributed by atoms with van der Waals surface area (Å²) in [5.41, 5.74) is 14.3. The van der Waals surface area contributed by atoms with Gasteiger partial charge in [-0.25, -0.2) is 18.7 Å². The lowest BCUT2D eigenvalue weighted by molar-refractivity contribution is 0.416. The molecule has 0 amide bonds. The minimum atomic E-state index is -0.404. The van der Waals surface area contributed by atoms with Gasteiger partial charge in [0, 0.05) is 75.8 Å². The summed E-state index contributed by atoms with van der Waals surface area (Å²) >= 11 is 12.9. The molecule has 3 aromatic heterocycles. The van der Waals surface area contributed by atoms with Crippen LogP contribution in [0.25, 0.3) is 49.6 Å². The highest BCUT2D eigenvalue weighted by molar-refractivity contribution is 6.35. The number of anilines is 2. The Kier molecular flexibility index (Phi) is 15.4. The number of rotatable bonds is 11. The summed E-state index contributed by atoms with van der Waals surface area (Å²) in [6.45, 7) is 7.77. The van der Waals surface area contributed by atoms with Crippen molar-refractivity contribution in [2.24, 2.45) is 5.73 Å². The molecule has 0 bridgehead atoms. The Balaban J connectivity index is 0.000000203. The second-order valence-electron chi connectivity index (χ2n) is 14.0. The highest BCUT2D eigenvalue weighted by Gasteiger charge is 2.19. The van der Waals surface area contributed by atoms with Crippen LogP contribution < -0.4 is 21.1 Å². The van der Waals surface area contributed by atoms with Crippen LogP contribution in [0.5, 0.6) is 5.75 Å². The number of allylic oxidation sites excluding steroid dienone is 1. The van der Waals surface area contributed by atoms with E-state index < -0.39 is 6.04 Å². The Hall–Kier alpha value is -6.95. The van der Waals surface area contributed by atoms with Crippen molar-refractivity contribution in [2.45, 2.75) is 39.8 Å². The number of para-hydroxylation sites is 2. The number of ether oxygens (including phenoxy) is 1. The first-order valence-corrected chi connectivity index (χ1v) is 20.9. The van der Waals surface area contributed by atoms with E-state index in [1.807, 2.05) is 100 Å². The zero-order chi connectivity index (χ0) is 45.0. The van der Waals surface area contributed by atoms with Crippen LogP contribution in [0.2, 0.25) is 10.0 Å². The van der Waals surface area contributed by atoms with Crippen molar-refractivity contribution >= 4 is 68.2 Å². The number of hydrogen-bond donors (Lipinski definition) is 4. The maximum absolute atomic E-state index is 14.8. The van der Waals surface area contributed by atoms with E-state index in [0.717, 1.165) is 55.5 Å². The number of nitrogens with two attached hydrogens (primary N) is 1. The van der Waals surface area contributed by atoms with Crippen molar-refractivity contribution in [3.8, 4) is 28.0 Å². The van der Waals surface area contributed by atoms with Crippen LogP contribution in [0.15, 0.2) is 140 Å². The molecule has 9 nitrogen and oxygen atoms in total. The summed E-state index contributed by atoms with van der Waals surface area (Å²) in [7, 11) is 1.63. The number of aromatic nitrogens is 4. The first kappa shape index (κ1) is 45.6. The fourth-order valence-electron chi connectivity index (χ4n) is 7.00. The van der Waals surface area contributed by atoms with Crippen LogP contribution >= 0.6 is 23.2 Å². The van der Waals surface area contributed by atoms with Gasteiger partial charge in [0.15, 0.2) is 0 Å². The number of fused-ring (bicyclic) bond motifs is 2. The van der Waals surface area contributed by atoms with Gasteiger partial charge >= 0.3 is 0 Å². The Morgan fingerprint density at radius 3 is 1.86 bits per heavy atom. The Morgan fingerprint density at radius 2 is 1.24 bits per heavy atom. The monoisotopic (exact) mass is 882 g/mol. The van der Waals surface area contributed by atoms with Gasteiger partial charge in [0.25, 0.3) is 0 Å². The highest BCUT2D eigenvalue weighted by Crippen LogP contribution is 2.37. The SMILES string of the molecule is CC.CC(Nc1c(Cl)cnc2ccc(/C(C=N)=C/N)cc12)c1cc(-c2cncnc2)ccc1F.COc1ccccc1-c1ccc(F)c(C(C)Nc2c(Cl)cnc3ccccc23)c1. The van der Waals surface area contributed by atoms with Gasteiger partial charge < -0.3 is 26.5 Å². The molecule has 13 heteroatoms. The summed E-state index contributed by atoms with van der Waals surface area (Å²) in [6.07, 6.45) is 10.5. The van der Waals surface area contributed by atoms with Crippen molar-refractivity contribution < 1.29 is 13.5 Å². The van der Waals surface area contributed by atoms with Crippen LogP contribution in [-0.4, -0.2) is 33.3 Å². The third-order valence-corrected chi connectivity index (χ3v) is 10.8. The Labute approximate surface area is 375 Å². The van der Waals surface area contributed by atoms with Crippen LogP contribution in [0.3, 0.4) is 0 Å². The minimum Gasteiger partial charge on any atom is -0.496 e. The van der Waals surface area contributed by atoms with Crippen molar-refractivity contribution in [3.05, 3.63) is 179 Å². The number of hydrogen-bond acceptors (Lipinski definition) is 9. The standard InChI is InChI=1S/C24H20ClFN6.C24H20ClFN2O.C2H6/c1-14(19-6-16(2-4-22(19)26)18-10-29-13-30-11-18)32-24-20-7-15(17(8-27)9-28)3-5-23(20)31-12-21(24)25;1-15(28-24-18-8-3-5-9-22(18)27-14-20(24)25)19-13-16(11-12-21(19)26)17-7-4-6-10-23(17)29-2;1-2/h2-14,27H,28H2,1H3,(H,31,32);3-15H,1-2H3,(H,27,28);1-2H3/b17-9+,27-8?;;. The number of methoxy groups -OCH3 is 1. The van der Waals surface area contributed by atoms with Gasteiger partial charge in [-0.2, -0.15) is 0 Å². The van der Waals surface area contributed by atoms with Gasteiger partial charge in [-0.1, -0.05) is 91.6 Å². The lowest BCUT2D eigenvalue weighted by Crippen LogP contribution is -2.10. The predicted octanol–water partition coefficient (Wildman–Crippen LogP) is 13.5. The largest absolute Gasteiger partial charge is 0.496 e. The first-order chi connectivity index (χ1) is 30.6. The molecule has 0 saturated heterocycles. The van der Waals surface area contributed by atoms with E-state index in [2.05, 4.69) is 30.6 Å². The Bertz CT molecular complexity index is 2900. The van der Waals surface area contributed by atoms with E-state index in [9.17, 15) is 8.78 Å². The molecular weight excluding hydrogens is 838 g/mol. The van der Waals surface area contributed by atoms with Gasteiger partial charge in [-0.05, 0) is 79.1 Å². The predicted molar refractivity (Wildman–Crippen MR) is 256 cm³/mol. The molecular formula is C50H46Cl2F2N8O. The van der Waals surface area contributed by atoms with E-state index in [-0.39, 0.29) is 17.7 Å².